The van der Waals surface area contributed by atoms with Gasteiger partial charge in [0, 0.05) is 17.4 Å². The third kappa shape index (κ3) is 3.71. The first-order valence-electron chi connectivity index (χ1n) is 8.08. The second-order valence-electron chi connectivity index (χ2n) is 5.79. The van der Waals surface area contributed by atoms with Crippen LogP contribution in [0.25, 0.3) is 0 Å². The van der Waals surface area contributed by atoms with E-state index in [0.717, 1.165) is 31.7 Å². The molecule has 0 aliphatic carbocycles. The SMILES string of the molecule is O=C(NCCOc1ccc(Cl)cc1)C1(n2cccn2)CCNCC1. The van der Waals surface area contributed by atoms with Gasteiger partial charge in [0.25, 0.3) is 0 Å². The van der Waals surface area contributed by atoms with Crippen LogP contribution in [0.3, 0.4) is 0 Å². The summed E-state index contributed by atoms with van der Waals surface area (Å²) in [6.07, 6.45) is 5.01. The van der Waals surface area contributed by atoms with E-state index in [4.69, 9.17) is 16.3 Å². The number of nitrogens with one attached hydrogen (secondary N) is 2. The van der Waals surface area contributed by atoms with E-state index in [1.807, 2.05) is 24.4 Å². The summed E-state index contributed by atoms with van der Waals surface area (Å²) in [5.74, 6) is 0.727. The van der Waals surface area contributed by atoms with Crippen LogP contribution in [0.2, 0.25) is 5.02 Å². The minimum Gasteiger partial charge on any atom is -0.492 e. The number of rotatable bonds is 6. The smallest absolute Gasteiger partial charge is 0.248 e. The predicted octanol–water partition coefficient (Wildman–Crippen LogP) is 1.81. The lowest BCUT2D eigenvalue weighted by Gasteiger charge is -2.36. The fourth-order valence-corrected chi connectivity index (χ4v) is 3.08. The fourth-order valence-electron chi connectivity index (χ4n) is 2.95. The van der Waals surface area contributed by atoms with Crippen molar-refractivity contribution in [2.75, 3.05) is 26.2 Å². The van der Waals surface area contributed by atoms with Crippen molar-refractivity contribution in [2.24, 2.45) is 0 Å². The fraction of sp³-hybridized carbons (Fsp3) is 0.412. The molecule has 1 saturated heterocycles. The molecule has 1 aliphatic heterocycles. The molecular formula is C17H21ClN4O2. The first-order valence-corrected chi connectivity index (χ1v) is 8.46. The predicted molar refractivity (Wildman–Crippen MR) is 92.3 cm³/mol. The van der Waals surface area contributed by atoms with Gasteiger partial charge in [0.2, 0.25) is 5.91 Å². The number of aromatic nitrogens is 2. The third-order valence-electron chi connectivity index (χ3n) is 4.27. The van der Waals surface area contributed by atoms with Gasteiger partial charge >= 0.3 is 0 Å². The second-order valence-corrected chi connectivity index (χ2v) is 6.23. The summed E-state index contributed by atoms with van der Waals surface area (Å²) < 4.78 is 7.40. The molecule has 2 aromatic rings. The highest BCUT2D eigenvalue weighted by atomic mass is 35.5. The van der Waals surface area contributed by atoms with E-state index >= 15 is 0 Å². The van der Waals surface area contributed by atoms with E-state index in [1.54, 1.807) is 23.0 Å². The van der Waals surface area contributed by atoms with E-state index in [9.17, 15) is 4.79 Å². The zero-order valence-electron chi connectivity index (χ0n) is 13.4. The summed E-state index contributed by atoms with van der Waals surface area (Å²) >= 11 is 5.84. The van der Waals surface area contributed by atoms with E-state index < -0.39 is 5.54 Å². The molecule has 24 heavy (non-hydrogen) atoms. The Kier molecular flexibility index (Phi) is 5.37. The lowest BCUT2D eigenvalue weighted by Crippen LogP contribution is -2.55. The molecule has 0 saturated carbocycles. The molecule has 1 aromatic carbocycles. The Hall–Kier alpha value is -2.05. The summed E-state index contributed by atoms with van der Waals surface area (Å²) in [4.78, 5) is 12.8. The molecule has 1 aromatic heterocycles. The molecule has 0 atom stereocenters. The minimum atomic E-state index is -0.616. The van der Waals surface area contributed by atoms with E-state index in [2.05, 4.69) is 15.7 Å². The summed E-state index contributed by atoms with van der Waals surface area (Å²) in [6.45, 7) is 2.45. The first-order chi connectivity index (χ1) is 11.7. The van der Waals surface area contributed by atoms with Gasteiger partial charge in [0.1, 0.15) is 17.9 Å². The molecule has 0 radical (unpaired) electrons. The number of nitrogens with zero attached hydrogens (tertiary/aromatic N) is 2. The van der Waals surface area contributed by atoms with Crippen LogP contribution in [-0.2, 0) is 10.3 Å². The average Bonchev–Trinajstić information content (AvgIpc) is 3.16. The van der Waals surface area contributed by atoms with Gasteiger partial charge in [0.15, 0.2) is 0 Å². The monoisotopic (exact) mass is 348 g/mol. The molecule has 2 heterocycles. The van der Waals surface area contributed by atoms with Crippen molar-refractivity contribution in [3.05, 3.63) is 47.7 Å². The number of hydrogen-bond donors (Lipinski definition) is 2. The van der Waals surface area contributed by atoms with Crippen molar-refractivity contribution < 1.29 is 9.53 Å². The Morgan fingerprint density at radius 3 is 2.75 bits per heavy atom. The molecule has 0 unspecified atom stereocenters. The zero-order valence-corrected chi connectivity index (χ0v) is 14.1. The second kappa shape index (κ2) is 7.68. The topological polar surface area (TPSA) is 68.2 Å². The maximum absolute atomic E-state index is 12.8. The number of carbonyl (C=O) groups excluding carboxylic acids is 1. The molecule has 1 aliphatic rings. The first kappa shape index (κ1) is 16.8. The number of piperidine rings is 1. The molecule has 3 rings (SSSR count). The van der Waals surface area contributed by atoms with Crippen molar-refractivity contribution in [1.29, 1.82) is 0 Å². The van der Waals surface area contributed by atoms with Crippen LogP contribution < -0.4 is 15.4 Å². The molecular weight excluding hydrogens is 328 g/mol. The summed E-state index contributed by atoms with van der Waals surface area (Å²) in [5, 5.41) is 11.2. The quantitative estimate of drug-likeness (QED) is 0.781. The summed E-state index contributed by atoms with van der Waals surface area (Å²) in [7, 11) is 0. The van der Waals surface area contributed by atoms with Crippen LogP contribution in [-0.4, -0.2) is 41.9 Å². The summed E-state index contributed by atoms with van der Waals surface area (Å²) in [6, 6.07) is 9.01. The lowest BCUT2D eigenvalue weighted by molar-refractivity contribution is -0.132. The van der Waals surface area contributed by atoms with E-state index in [0.29, 0.717) is 18.2 Å². The lowest BCUT2D eigenvalue weighted by atomic mass is 9.87. The van der Waals surface area contributed by atoms with Crippen LogP contribution in [0.15, 0.2) is 42.7 Å². The molecule has 128 valence electrons. The Morgan fingerprint density at radius 1 is 1.33 bits per heavy atom. The molecule has 0 spiro atoms. The van der Waals surface area contributed by atoms with Crippen molar-refractivity contribution in [3.8, 4) is 5.75 Å². The van der Waals surface area contributed by atoms with Gasteiger partial charge in [-0.25, -0.2) is 0 Å². The highest BCUT2D eigenvalue weighted by molar-refractivity contribution is 6.30. The Morgan fingerprint density at radius 2 is 2.08 bits per heavy atom. The standard InChI is InChI=1S/C17H21ClN4O2/c18-14-2-4-15(5-3-14)24-13-11-20-16(23)17(6-9-19-10-7-17)22-12-1-8-21-22/h1-5,8,12,19H,6-7,9-11,13H2,(H,20,23). The van der Waals surface area contributed by atoms with Crippen LogP contribution in [0.5, 0.6) is 5.75 Å². The van der Waals surface area contributed by atoms with Crippen LogP contribution in [0, 0.1) is 0 Å². The van der Waals surface area contributed by atoms with Gasteiger partial charge in [-0.15, -0.1) is 0 Å². The molecule has 1 fully saturated rings. The number of ether oxygens (including phenoxy) is 1. The number of halogens is 1. The van der Waals surface area contributed by atoms with Gasteiger partial charge in [0.05, 0.1) is 6.54 Å². The van der Waals surface area contributed by atoms with Gasteiger partial charge in [-0.2, -0.15) is 5.10 Å². The van der Waals surface area contributed by atoms with Gasteiger partial charge in [-0.05, 0) is 56.3 Å². The molecule has 2 N–H and O–H groups in total. The zero-order chi connectivity index (χ0) is 16.8. The van der Waals surface area contributed by atoms with E-state index in [-0.39, 0.29) is 5.91 Å². The number of amides is 1. The largest absolute Gasteiger partial charge is 0.492 e. The van der Waals surface area contributed by atoms with E-state index in [1.165, 1.54) is 0 Å². The van der Waals surface area contributed by atoms with Crippen molar-refractivity contribution in [1.82, 2.24) is 20.4 Å². The maximum Gasteiger partial charge on any atom is 0.248 e. The molecule has 0 bridgehead atoms. The van der Waals surface area contributed by atoms with Crippen LogP contribution in [0.1, 0.15) is 12.8 Å². The normalized spacial score (nSPS) is 16.5. The van der Waals surface area contributed by atoms with Crippen molar-refractivity contribution >= 4 is 17.5 Å². The number of benzene rings is 1. The molecule has 7 heteroatoms. The van der Waals surface area contributed by atoms with Crippen LogP contribution in [0.4, 0.5) is 0 Å². The highest BCUT2D eigenvalue weighted by Crippen LogP contribution is 2.27. The third-order valence-corrected chi connectivity index (χ3v) is 4.52. The Balaban J connectivity index is 1.55. The maximum atomic E-state index is 12.8. The molecule has 6 nitrogen and oxygen atoms in total. The Labute approximate surface area is 146 Å². The van der Waals surface area contributed by atoms with Crippen LogP contribution >= 0.6 is 11.6 Å². The Bertz CT molecular complexity index is 652. The average molecular weight is 349 g/mol. The summed E-state index contributed by atoms with van der Waals surface area (Å²) in [5.41, 5.74) is -0.616. The van der Waals surface area contributed by atoms with Gasteiger partial charge in [-0.1, -0.05) is 11.6 Å². The highest BCUT2D eigenvalue weighted by Gasteiger charge is 2.41. The van der Waals surface area contributed by atoms with Gasteiger partial charge in [-0.3, -0.25) is 9.48 Å². The van der Waals surface area contributed by atoms with Crippen molar-refractivity contribution in [2.45, 2.75) is 18.4 Å². The number of hydrogen-bond acceptors (Lipinski definition) is 4. The number of carbonyl (C=O) groups is 1. The van der Waals surface area contributed by atoms with Gasteiger partial charge < -0.3 is 15.4 Å². The molecule has 1 amide bonds. The minimum absolute atomic E-state index is 0.00703. The van der Waals surface area contributed by atoms with Crippen molar-refractivity contribution in [3.63, 3.8) is 0 Å².